The quantitative estimate of drug-likeness (QED) is 0.583. The minimum atomic E-state index is 0.669. The number of rotatable bonds is 0. The van der Waals surface area contributed by atoms with Crippen molar-refractivity contribution in [1.82, 2.24) is 0 Å². The number of benzene rings is 1. The zero-order valence-corrected chi connectivity index (χ0v) is 6.86. The third-order valence-corrected chi connectivity index (χ3v) is 2.55. The molecule has 2 heteroatoms. The number of ether oxygens (including phenoxy) is 1. The van der Waals surface area contributed by atoms with Crippen LogP contribution in [0.25, 0.3) is 0 Å². The lowest BCUT2D eigenvalue weighted by molar-refractivity contribution is 0.220. The van der Waals surface area contributed by atoms with Crippen LogP contribution in [0.15, 0.2) is 40.8 Å². The summed E-state index contributed by atoms with van der Waals surface area (Å²) in [4.78, 5) is 1.27. The summed E-state index contributed by atoms with van der Waals surface area (Å²) in [6.45, 7) is 4.42. The standard InChI is InChI=1S/C9H8OS/c1-7-10-6-8-4-2-3-5-9(8)11-7/h2-5H,1,6H2. The molecule has 0 bridgehead atoms. The van der Waals surface area contributed by atoms with E-state index in [9.17, 15) is 0 Å². The average Bonchev–Trinajstić information content (AvgIpc) is 2.04. The highest BCUT2D eigenvalue weighted by molar-refractivity contribution is 8.03. The molecule has 0 saturated heterocycles. The Kier molecular flexibility index (Phi) is 1.62. The first kappa shape index (κ1) is 6.80. The molecule has 1 aliphatic rings. The van der Waals surface area contributed by atoms with Gasteiger partial charge in [0.1, 0.15) is 6.61 Å². The van der Waals surface area contributed by atoms with E-state index >= 15 is 0 Å². The van der Waals surface area contributed by atoms with Crippen LogP contribution in [0.3, 0.4) is 0 Å². The smallest absolute Gasteiger partial charge is 0.151 e. The molecular formula is C9H8OS. The molecule has 1 aromatic rings. The molecule has 0 N–H and O–H groups in total. The summed E-state index contributed by atoms with van der Waals surface area (Å²) in [5.74, 6) is 0. The van der Waals surface area contributed by atoms with Crippen molar-refractivity contribution in [2.45, 2.75) is 11.5 Å². The van der Waals surface area contributed by atoms with E-state index in [2.05, 4.69) is 18.7 Å². The fourth-order valence-corrected chi connectivity index (χ4v) is 1.80. The van der Waals surface area contributed by atoms with E-state index in [-0.39, 0.29) is 0 Å². The maximum Gasteiger partial charge on any atom is 0.151 e. The fourth-order valence-electron chi connectivity index (χ4n) is 1.03. The number of hydrogen-bond donors (Lipinski definition) is 0. The van der Waals surface area contributed by atoms with Crippen LogP contribution in [-0.2, 0) is 11.3 Å². The Morgan fingerprint density at radius 1 is 1.36 bits per heavy atom. The van der Waals surface area contributed by atoms with Crippen LogP contribution in [0.2, 0.25) is 0 Å². The van der Waals surface area contributed by atoms with Crippen LogP contribution >= 0.6 is 11.8 Å². The predicted molar refractivity (Wildman–Crippen MR) is 46.2 cm³/mol. The highest BCUT2D eigenvalue weighted by atomic mass is 32.2. The van der Waals surface area contributed by atoms with Crippen LogP contribution in [0.5, 0.6) is 0 Å². The molecule has 0 atom stereocenters. The second-order valence-electron chi connectivity index (χ2n) is 2.37. The van der Waals surface area contributed by atoms with E-state index in [1.807, 2.05) is 12.1 Å². The maximum absolute atomic E-state index is 5.27. The summed E-state index contributed by atoms with van der Waals surface area (Å²) in [6, 6.07) is 8.23. The van der Waals surface area contributed by atoms with E-state index in [0.29, 0.717) is 6.61 Å². The second kappa shape index (κ2) is 2.62. The third kappa shape index (κ3) is 1.26. The molecule has 0 radical (unpaired) electrons. The predicted octanol–water partition coefficient (Wildman–Crippen LogP) is 2.78. The Bertz CT molecular complexity index is 293. The van der Waals surface area contributed by atoms with Crippen molar-refractivity contribution in [3.8, 4) is 0 Å². The maximum atomic E-state index is 5.27. The third-order valence-electron chi connectivity index (χ3n) is 1.59. The van der Waals surface area contributed by atoms with Crippen molar-refractivity contribution in [1.29, 1.82) is 0 Å². The van der Waals surface area contributed by atoms with Gasteiger partial charge in [-0.1, -0.05) is 30.0 Å². The first-order valence-corrected chi connectivity index (χ1v) is 4.25. The second-order valence-corrected chi connectivity index (χ2v) is 3.47. The Labute approximate surface area is 70.1 Å². The highest BCUT2D eigenvalue weighted by Gasteiger charge is 2.11. The lowest BCUT2D eigenvalue weighted by Gasteiger charge is -2.17. The summed E-state index contributed by atoms with van der Waals surface area (Å²) < 4.78 is 5.27. The van der Waals surface area contributed by atoms with Gasteiger partial charge in [0.2, 0.25) is 0 Å². The molecule has 56 valence electrons. The molecule has 11 heavy (non-hydrogen) atoms. The molecule has 0 spiro atoms. The lowest BCUT2D eigenvalue weighted by Crippen LogP contribution is -1.98. The zero-order valence-electron chi connectivity index (χ0n) is 6.04. The summed E-state index contributed by atoms with van der Waals surface area (Å²) in [5.41, 5.74) is 1.25. The van der Waals surface area contributed by atoms with Gasteiger partial charge in [-0.15, -0.1) is 0 Å². The van der Waals surface area contributed by atoms with Crippen molar-refractivity contribution >= 4 is 11.8 Å². The molecule has 1 aliphatic heterocycles. The van der Waals surface area contributed by atoms with Crippen LogP contribution in [0, 0.1) is 0 Å². The van der Waals surface area contributed by atoms with Crippen LogP contribution in [0.1, 0.15) is 5.56 Å². The molecule has 0 fully saturated rings. The van der Waals surface area contributed by atoms with Crippen molar-refractivity contribution in [3.05, 3.63) is 41.5 Å². The fraction of sp³-hybridized carbons (Fsp3) is 0.111. The van der Waals surface area contributed by atoms with E-state index < -0.39 is 0 Å². The van der Waals surface area contributed by atoms with Crippen molar-refractivity contribution in [2.24, 2.45) is 0 Å². The van der Waals surface area contributed by atoms with Gasteiger partial charge >= 0.3 is 0 Å². The minimum absolute atomic E-state index is 0.669. The average molecular weight is 164 g/mol. The lowest BCUT2D eigenvalue weighted by atomic mass is 10.2. The Morgan fingerprint density at radius 2 is 2.18 bits per heavy atom. The minimum Gasteiger partial charge on any atom is -0.483 e. The van der Waals surface area contributed by atoms with Gasteiger partial charge in [-0.25, -0.2) is 0 Å². The summed E-state index contributed by atoms with van der Waals surface area (Å²) in [7, 11) is 0. The molecule has 0 amide bonds. The van der Waals surface area contributed by atoms with Crippen LogP contribution in [0.4, 0.5) is 0 Å². The topological polar surface area (TPSA) is 9.23 Å². The monoisotopic (exact) mass is 164 g/mol. The molecule has 0 aliphatic carbocycles. The van der Waals surface area contributed by atoms with E-state index in [1.54, 1.807) is 11.8 Å². The van der Waals surface area contributed by atoms with Gasteiger partial charge in [-0.2, -0.15) is 0 Å². The molecule has 1 aromatic carbocycles. The first-order valence-electron chi connectivity index (χ1n) is 3.44. The van der Waals surface area contributed by atoms with E-state index in [1.165, 1.54) is 10.5 Å². The highest BCUT2D eigenvalue weighted by Crippen LogP contribution is 2.34. The van der Waals surface area contributed by atoms with Gasteiger partial charge in [-0.3, -0.25) is 0 Å². The van der Waals surface area contributed by atoms with Gasteiger partial charge in [-0.05, 0) is 12.6 Å². The van der Waals surface area contributed by atoms with Crippen molar-refractivity contribution in [2.75, 3.05) is 0 Å². The summed E-state index contributed by atoms with van der Waals surface area (Å²) in [6.07, 6.45) is 0. The summed E-state index contributed by atoms with van der Waals surface area (Å²) in [5, 5.41) is 0.795. The van der Waals surface area contributed by atoms with Crippen molar-refractivity contribution < 1.29 is 4.74 Å². The van der Waals surface area contributed by atoms with E-state index in [4.69, 9.17) is 4.74 Å². The largest absolute Gasteiger partial charge is 0.483 e. The Balaban J connectivity index is 2.41. The summed E-state index contributed by atoms with van der Waals surface area (Å²) >= 11 is 1.60. The first-order chi connectivity index (χ1) is 5.36. The molecule has 1 heterocycles. The number of hydrogen-bond acceptors (Lipinski definition) is 2. The SMILES string of the molecule is C=C1OCc2ccccc2S1. The normalized spacial score (nSPS) is 15.5. The molecule has 2 rings (SSSR count). The molecule has 0 saturated carbocycles. The van der Waals surface area contributed by atoms with E-state index in [0.717, 1.165) is 5.09 Å². The molecule has 0 aromatic heterocycles. The number of thioether (sulfide) groups is 1. The molecular weight excluding hydrogens is 156 g/mol. The zero-order chi connectivity index (χ0) is 7.68. The van der Waals surface area contributed by atoms with Crippen molar-refractivity contribution in [3.63, 3.8) is 0 Å². The van der Waals surface area contributed by atoms with Crippen LogP contribution < -0.4 is 0 Å². The Morgan fingerprint density at radius 3 is 3.09 bits per heavy atom. The van der Waals surface area contributed by atoms with Gasteiger partial charge in [0, 0.05) is 10.5 Å². The van der Waals surface area contributed by atoms with Gasteiger partial charge in [0.05, 0.1) is 0 Å². The molecule has 0 unspecified atom stereocenters. The number of fused-ring (bicyclic) bond motifs is 1. The Hall–Kier alpha value is -0.890. The van der Waals surface area contributed by atoms with Gasteiger partial charge in [0.25, 0.3) is 0 Å². The van der Waals surface area contributed by atoms with Gasteiger partial charge in [0.15, 0.2) is 5.09 Å². The molecule has 1 nitrogen and oxygen atoms in total. The van der Waals surface area contributed by atoms with Crippen LogP contribution in [-0.4, -0.2) is 0 Å². The van der Waals surface area contributed by atoms with Gasteiger partial charge < -0.3 is 4.74 Å².